The number of carbonyl (C=O) groups is 1. The highest BCUT2D eigenvalue weighted by atomic mass is 32.2. The molecule has 132 valence electrons. The molecule has 3 rings (SSSR count). The molecule has 25 heavy (non-hydrogen) atoms. The smallest absolute Gasteiger partial charge is 0.258 e. The second-order valence-corrected chi connectivity index (χ2v) is 7.81. The third-order valence-electron chi connectivity index (χ3n) is 3.90. The van der Waals surface area contributed by atoms with Crippen molar-refractivity contribution in [3.63, 3.8) is 0 Å². The zero-order chi connectivity index (χ0) is 18.0. The summed E-state index contributed by atoms with van der Waals surface area (Å²) in [7, 11) is -1.76. The average Bonchev–Trinajstić information content (AvgIpc) is 3.40. The van der Waals surface area contributed by atoms with Gasteiger partial charge in [-0.05, 0) is 55.3 Å². The maximum absolute atomic E-state index is 13.0. The first-order chi connectivity index (χ1) is 11.9. The number of hydrogen-bond acceptors (Lipinski definition) is 4. The molecule has 0 atom stereocenters. The summed E-state index contributed by atoms with van der Waals surface area (Å²) in [5.41, 5.74) is 1.77. The van der Waals surface area contributed by atoms with Crippen molar-refractivity contribution < 1.29 is 17.9 Å². The van der Waals surface area contributed by atoms with Crippen molar-refractivity contribution in [2.24, 2.45) is 0 Å². The predicted molar refractivity (Wildman–Crippen MR) is 97.7 cm³/mol. The molecule has 2 aromatic carbocycles. The number of hydrogen-bond donors (Lipinski definition) is 1. The lowest BCUT2D eigenvalue weighted by Gasteiger charge is -2.23. The van der Waals surface area contributed by atoms with Gasteiger partial charge < -0.3 is 9.64 Å². The molecule has 1 aliphatic carbocycles. The van der Waals surface area contributed by atoms with Crippen LogP contribution in [0.4, 0.5) is 11.4 Å². The molecule has 0 heterocycles. The van der Waals surface area contributed by atoms with Gasteiger partial charge in [0.15, 0.2) is 0 Å². The van der Waals surface area contributed by atoms with Crippen LogP contribution in [-0.2, 0) is 10.0 Å². The third-order valence-corrected chi connectivity index (χ3v) is 4.50. The molecule has 1 N–H and O–H groups in total. The Morgan fingerprint density at radius 2 is 1.84 bits per heavy atom. The van der Waals surface area contributed by atoms with E-state index in [2.05, 4.69) is 4.72 Å². The monoisotopic (exact) mass is 360 g/mol. The van der Waals surface area contributed by atoms with Crippen LogP contribution < -0.4 is 14.4 Å². The summed E-state index contributed by atoms with van der Waals surface area (Å²) in [6.45, 7) is 0. The van der Waals surface area contributed by atoms with Crippen molar-refractivity contribution in [2.45, 2.75) is 18.9 Å². The maximum Gasteiger partial charge on any atom is 0.258 e. The Labute approximate surface area is 147 Å². The van der Waals surface area contributed by atoms with Gasteiger partial charge in [0.1, 0.15) is 5.75 Å². The number of carbonyl (C=O) groups excluding carboxylic acids is 1. The molecule has 0 aliphatic heterocycles. The number of nitrogens with one attached hydrogen (secondary N) is 1. The van der Waals surface area contributed by atoms with E-state index < -0.39 is 10.0 Å². The lowest BCUT2D eigenvalue weighted by atomic mass is 10.1. The summed E-state index contributed by atoms with van der Waals surface area (Å²) in [4.78, 5) is 14.7. The molecule has 0 spiro atoms. The quantitative estimate of drug-likeness (QED) is 0.859. The van der Waals surface area contributed by atoms with Crippen molar-refractivity contribution in [3.05, 3.63) is 54.1 Å². The number of benzene rings is 2. The standard InChI is InChI=1S/C18H20N2O4S/c1-24-17-5-3-4-13(12-17)18(21)20(16-10-11-16)15-8-6-14(7-9-15)19-25(2,22)23/h3-9,12,16,19H,10-11H2,1-2H3. The molecule has 1 amide bonds. The van der Waals surface area contributed by atoms with Crippen LogP contribution in [-0.4, -0.2) is 33.7 Å². The lowest BCUT2D eigenvalue weighted by molar-refractivity contribution is 0.0985. The second kappa shape index (κ2) is 6.76. The summed E-state index contributed by atoms with van der Waals surface area (Å²) >= 11 is 0. The largest absolute Gasteiger partial charge is 0.497 e. The van der Waals surface area contributed by atoms with Gasteiger partial charge >= 0.3 is 0 Å². The second-order valence-electron chi connectivity index (χ2n) is 6.06. The van der Waals surface area contributed by atoms with Crippen molar-refractivity contribution in [2.75, 3.05) is 23.0 Å². The number of sulfonamides is 1. The molecule has 1 aliphatic rings. The first-order valence-corrected chi connectivity index (χ1v) is 9.82. The summed E-state index contributed by atoms with van der Waals surface area (Å²) in [6, 6.07) is 14.1. The van der Waals surface area contributed by atoms with Crippen molar-refractivity contribution in [1.82, 2.24) is 0 Å². The molecule has 7 heteroatoms. The fraction of sp³-hybridized carbons (Fsp3) is 0.278. The molecule has 1 fully saturated rings. The lowest BCUT2D eigenvalue weighted by Crippen LogP contribution is -2.33. The van der Waals surface area contributed by atoms with Gasteiger partial charge in [-0.25, -0.2) is 8.42 Å². The number of ether oxygens (including phenoxy) is 1. The predicted octanol–water partition coefficient (Wildman–Crippen LogP) is 2.88. The minimum atomic E-state index is -3.33. The molecule has 1 saturated carbocycles. The van der Waals surface area contributed by atoms with E-state index in [0.717, 1.165) is 24.8 Å². The van der Waals surface area contributed by atoms with Gasteiger partial charge in [-0.1, -0.05) is 6.07 Å². The van der Waals surface area contributed by atoms with E-state index in [-0.39, 0.29) is 11.9 Å². The molecular weight excluding hydrogens is 340 g/mol. The molecule has 0 radical (unpaired) electrons. The number of methoxy groups -OCH3 is 1. The van der Waals surface area contributed by atoms with Gasteiger partial charge in [-0.2, -0.15) is 0 Å². The number of amides is 1. The van der Waals surface area contributed by atoms with Crippen molar-refractivity contribution in [3.8, 4) is 5.75 Å². The van der Waals surface area contributed by atoms with Crippen LogP contribution in [0.1, 0.15) is 23.2 Å². The van der Waals surface area contributed by atoms with Crippen LogP contribution >= 0.6 is 0 Å². The fourth-order valence-corrected chi connectivity index (χ4v) is 3.19. The Morgan fingerprint density at radius 3 is 2.40 bits per heavy atom. The first-order valence-electron chi connectivity index (χ1n) is 7.93. The minimum Gasteiger partial charge on any atom is -0.497 e. The summed E-state index contributed by atoms with van der Waals surface area (Å²) in [5.74, 6) is 0.541. The van der Waals surface area contributed by atoms with Gasteiger partial charge in [-0.15, -0.1) is 0 Å². The number of nitrogens with zero attached hydrogens (tertiary/aromatic N) is 1. The minimum absolute atomic E-state index is 0.0924. The molecule has 0 bridgehead atoms. The highest BCUT2D eigenvalue weighted by Crippen LogP contribution is 2.34. The Balaban J connectivity index is 1.87. The van der Waals surface area contributed by atoms with Gasteiger partial charge in [0.2, 0.25) is 10.0 Å². The van der Waals surface area contributed by atoms with Gasteiger partial charge in [-0.3, -0.25) is 9.52 Å². The Morgan fingerprint density at radius 1 is 1.16 bits per heavy atom. The van der Waals surface area contributed by atoms with E-state index in [1.54, 1.807) is 60.5 Å². The zero-order valence-electron chi connectivity index (χ0n) is 14.1. The number of rotatable bonds is 6. The van der Waals surface area contributed by atoms with Crippen LogP contribution in [0.5, 0.6) is 5.75 Å². The molecule has 2 aromatic rings. The van der Waals surface area contributed by atoms with Crippen LogP contribution in [0.25, 0.3) is 0 Å². The van der Waals surface area contributed by atoms with E-state index in [1.165, 1.54) is 0 Å². The first kappa shape index (κ1) is 17.3. The molecule has 0 aromatic heterocycles. The molecule has 6 nitrogen and oxygen atoms in total. The van der Waals surface area contributed by atoms with E-state index in [9.17, 15) is 13.2 Å². The van der Waals surface area contributed by atoms with Gasteiger partial charge in [0.05, 0.1) is 13.4 Å². The van der Waals surface area contributed by atoms with Gasteiger partial charge in [0, 0.05) is 23.0 Å². The molecule has 0 unspecified atom stereocenters. The van der Waals surface area contributed by atoms with E-state index >= 15 is 0 Å². The van der Waals surface area contributed by atoms with E-state index in [1.807, 2.05) is 0 Å². The summed E-state index contributed by atoms with van der Waals surface area (Å²) in [6.07, 6.45) is 3.02. The molecular formula is C18H20N2O4S. The average molecular weight is 360 g/mol. The summed E-state index contributed by atoms with van der Waals surface area (Å²) < 4.78 is 30.2. The van der Waals surface area contributed by atoms with Crippen molar-refractivity contribution >= 4 is 27.3 Å². The number of anilines is 2. The SMILES string of the molecule is COc1cccc(C(=O)N(c2ccc(NS(C)(=O)=O)cc2)C2CC2)c1. The van der Waals surface area contributed by atoms with Crippen LogP contribution in [0.15, 0.2) is 48.5 Å². The van der Waals surface area contributed by atoms with E-state index in [0.29, 0.717) is 17.0 Å². The Hall–Kier alpha value is -2.54. The Kier molecular flexibility index (Phi) is 4.67. The zero-order valence-corrected chi connectivity index (χ0v) is 14.9. The van der Waals surface area contributed by atoms with Gasteiger partial charge in [0.25, 0.3) is 5.91 Å². The topological polar surface area (TPSA) is 75.7 Å². The summed E-state index contributed by atoms with van der Waals surface area (Å²) in [5, 5.41) is 0. The van der Waals surface area contributed by atoms with Crippen LogP contribution in [0, 0.1) is 0 Å². The third kappa shape index (κ3) is 4.30. The normalized spacial score (nSPS) is 14.0. The molecule has 0 saturated heterocycles. The highest BCUT2D eigenvalue weighted by molar-refractivity contribution is 7.92. The van der Waals surface area contributed by atoms with Crippen LogP contribution in [0.2, 0.25) is 0 Å². The Bertz CT molecular complexity index is 874. The highest BCUT2D eigenvalue weighted by Gasteiger charge is 2.34. The van der Waals surface area contributed by atoms with Crippen molar-refractivity contribution in [1.29, 1.82) is 0 Å². The van der Waals surface area contributed by atoms with E-state index in [4.69, 9.17) is 4.74 Å². The van der Waals surface area contributed by atoms with Crippen LogP contribution in [0.3, 0.4) is 0 Å². The maximum atomic E-state index is 13.0. The fourth-order valence-electron chi connectivity index (χ4n) is 2.63.